The molecule has 0 unspecified atom stereocenters. The van der Waals surface area contributed by atoms with Crippen molar-refractivity contribution in [2.75, 3.05) is 11.9 Å². The third-order valence-corrected chi connectivity index (χ3v) is 5.03. The summed E-state index contributed by atoms with van der Waals surface area (Å²) in [5.74, 6) is 0.543. The Balaban J connectivity index is 1.59. The monoisotopic (exact) mass is 370 g/mol. The Kier molecular flexibility index (Phi) is 5.37. The van der Waals surface area contributed by atoms with Gasteiger partial charge >= 0.3 is 0 Å². The molecule has 0 aliphatic rings. The normalized spacial score (nSPS) is 11.3. The number of nitrogens with zero attached hydrogens (tertiary/aromatic N) is 3. The Labute approximate surface area is 156 Å². The fourth-order valence-electron chi connectivity index (χ4n) is 2.27. The summed E-state index contributed by atoms with van der Waals surface area (Å²) in [6.07, 6.45) is 5.26. The number of hydrogen-bond donors (Lipinski definition) is 1. The maximum absolute atomic E-state index is 12.4. The lowest BCUT2D eigenvalue weighted by molar-refractivity contribution is 0.103. The highest BCUT2D eigenvalue weighted by Crippen LogP contribution is 2.27. The summed E-state index contributed by atoms with van der Waals surface area (Å²) in [6.45, 7) is 7.41. The van der Waals surface area contributed by atoms with E-state index in [0.29, 0.717) is 29.5 Å². The summed E-state index contributed by atoms with van der Waals surface area (Å²) in [5, 5.41) is 7.98. The third kappa shape index (κ3) is 4.70. The van der Waals surface area contributed by atoms with Crippen LogP contribution in [-0.4, -0.2) is 27.3 Å². The topological polar surface area (TPSA) is 69.0 Å². The minimum atomic E-state index is -0.160. The molecule has 0 fully saturated rings. The smallest absolute Gasteiger partial charge is 0.267 e. The van der Waals surface area contributed by atoms with E-state index < -0.39 is 0 Å². The van der Waals surface area contributed by atoms with E-state index in [1.165, 1.54) is 11.3 Å². The molecule has 3 rings (SSSR count). The first-order chi connectivity index (χ1) is 12.4. The van der Waals surface area contributed by atoms with Gasteiger partial charge in [-0.25, -0.2) is 4.98 Å². The van der Waals surface area contributed by atoms with Gasteiger partial charge in [0.15, 0.2) is 0 Å². The van der Waals surface area contributed by atoms with Gasteiger partial charge in [0.25, 0.3) is 5.91 Å². The van der Waals surface area contributed by atoms with Gasteiger partial charge in [-0.05, 0) is 18.2 Å². The summed E-state index contributed by atoms with van der Waals surface area (Å²) in [4.78, 5) is 17.4. The molecule has 0 atom stereocenters. The predicted octanol–water partition coefficient (Wildman–Crippen LogP) is 3.97. The van der Waals surface area contributed by atoms with Crippen molar-refractivity contribution in [2.45, 2.75) is 32.7 Å². The number of ether oxygens (including phenoxy) is 1. The number of thiazole rings is 1. The second kappa shape index (κ2) is 7.70. The highest BCUT2D eigenvalue weighted by Gasteiger charge is 2.20. The molecule has 0 aliphatic carbocycles. The minimum Gasteiger partial charge on any atom is -0.492 e. The van der Waals surface area contributed by atoms with Crippen LogP contribution in [0.1, 0.15) is 35.5 Å². The van der Waals surface area contributed by atoms with E-state index in [9.17, 15) is 4.79 Å². The Hall–Kier alpha value is -2.67. The van der Waals surface area contributed by atoms with Crippen molar-refractivity contribution in [3.8, 4) is 5.75 Å². The molecule has 1 amide bonds. The van der Waals surface area contributed by atoms with Crippen LogP contribution in [-0.2, 0) is 12.0 Å². The average Bonchev–Trinajstić information content (AvgIpc) is 3.26. The van der Waals surface area contributed by atoms with Crippen molar-refractivity contribution in [2.24, 2.45) is 0 Å². The number of carbonyl (C=O) groups is 1. The lowest BCUT2D eigenvalue weighted by Gasteiger charge is -2.13. The number of anilines is 1. The Morgan fingerprint density at radius 3 is 2.85 bits per heavy atom. The van der Waals surface area contributed by atoms with Crippen LogP contribution in [0, 0.1) is 0 Å². The zero-order valence-electron chi connectivity index (χ0n) is 15.1. The second-order valence-corrected chi connectivity index (χ2v) is 7.91. The van der Waals surface area contributed by atoms with Gasteiger partial charge in [-0.3, -0.25) is 9.48 Å². The Bertz CT molecular complexity index is 866. The maximum atomic E-state index is 12.4. The summed E-state index contributed by atoms with van der Waals surface area (Å²) >= 11 is 1.42. The zero-order chi connectivity index (χ0) is 18.6. The number of hydrogen-bond acceptors (Lipinski definition) is 5. The first kappa shape index (κ1) is 18.1. The van der Waals surface area contributed by atoms with Crippen molar-refractivity contribution in [3.05, 3.63) is 58.8 Å². The van der Waals surface area contributed by atoms with E-state index in [1.807, 2.05) is 41.2 Å². The van der Waals surface area contributed by atoms with Gasteiger partial charge in [0.2, 0.25) is 0 Å². The largest absolute Gasteiger partial charge is 0.492 e. The molecule has 26 heavy (non-hydrogen) atoms. The molecule has 3 aromatic rings. The first-order valence-electron chi connectivity index (χ1n) is 8.40. The van der Waals surface area contributed by atoms with E-state index in [-0.39, 0.29) is 11.3 Å². The van der Waals surface area contributed by atoms with Crippen LogP contribution in [0.4, 0.5) is 5.69 Å². The van der Waals surface area contributed by atoms with Crippen LogP contribution in [0.5, 0.6) is 5.75 Å². The molecule has 136 valence electrons. The van der Waals surface area contributed by atoms with Crippen molar-refractivity contribution in [1.82, 2.24) is 14.8 Å². The van der Waals surface area contributed by atoms with Gasteiger partial charge in [-0.15, -0.1) is 11.3 Å². The lowest BCUT2D eigenvalue weighted by atomic mass is 9.98. The molecule has 0 bridgehead atoms. The van der Waals surface area contributed by atoms with Crippen molar-refractivity contribution in [3.63, 3.8) is 0 Å². The van der Waals surface area contributed by atoms with Crippen LogP contribution < -0.4 is 10.1 Å². The molecule has 2 aromatic heterocycles. The van der Waals surface area contributed by atoms with E-state index in [0.717, 1.165) is 5.01 Å². The number of rotatable bonds is 6. The fourth-order valence-corrected chi connectivity index (χ4v) is 3.14. The van der Waals surface area contributed by atoms with E-state index in [2.05, 4.69) is 36.2 Å². The molecular formula is C19H22N4O2S. The first-order valence-corrected chi connectivity index (χ1v) is 9.21. The average molecular weight is 370 g/mol. The van der Waals surface area contributed by atoms with Gasteiger partial charge in [0, 0.05) is 29.6 Å². The van der Waals surface area contributed by atoms with E-state index in [4.69, 9.17) is 4.74 Å². The second-order valence-electron chi connectivity index (χ2n) is 6.88. The third-order valence-electron chi connectivity index (χ3n) is 3.61. The van der Waals surface area contributed by atoms with Crippen LogP contribution in [0.2, 0.25) is 0 Å². The highest BCUT2D eigenvalue weighted by molar-refractivity contribution is 7.13. The summed E-state index contributed by atoms with van der Waals surface area (Å²) in [6, 6.07) is 9.24. The molecule has 0 saturated carbocycles. The van der Waals surface area contributed by atoms with E-state index >= 15 is 0 Å². The Morgan fingerprint density at radius 2 is 2.15 bits per heavy atom. The molecule has 0 saturated heterocycles. The highest BCUT2D eigenvalue weighted by atomic mass is 32.1. The molecule has 0 radical (unpaired) electrons. The molecule has 1 aromatic carbocycles. The van der Waals surface area contributed by atoms with Gasteiger partial charge in [-0.1, -0.05) is 26.8 Å². The molecule has 6 nitrogen and oxygen atoms in total. The quantitative estimate of drug-likeness (QED) is 0.713. The number of nitrogens with one attached hydrogen (secondary N) is 1. The summed E-state index contributed by atoms with van der Waals surface area (Å²) < 4.78 is 7.54. The molecular weight excluding hydrogens is 348 g/mol. The number of amides is 1. The van der Waals surface area contributed by atoms with Gasteiger partial charge in [-0.2, -0.15) is 5.10 Å². The summed E-state index contributed by atoms with van der Waals surface area (Å²) in [5.41, 5.74) is 0.628. The number of aromatic nitrogens is 3. The maximum Gasteiger partial charge on any atom is 0.267 e. The summed E-state index contributed by atoms with van der Waals surface area (Å²) in [7, 11) is 0. The Morgan fingerprint density at radius 1 is 1.31 bits per heavy atom. The van der Waals surface area contributed by atoms with Gasteiger partial charge < -0.3 is 10.1 Å². The fraction of sp³-hybridized carbons (Fsp3) is 0.316. The predicted molar refractivity (Wildman–Crippen MR) is 103 cm³/mol. The van der Waals surface area contributed by atoms with Crippen molar-refractivity contribution >= 4 is 22.9 Å². The van der Waals surface area contributed by atoms with Crippen LogP contribution in [0.3, 0.4) is 0 Å². The van der Waals surface area contributed by atoms with Crippen LogP contribution in [0.15, 0.2) is 48.9 Å². The van der Waals surface area contributed by atoms with E-state index in [1.54, 1.807) is 12.4 Å². The molecule has 0 aliphatic heterocycles. The van der Waals surface area contributed by atoms with Gasteiger partial charge in [0.1, 0.15) is 17.2 Å². The lowest BCUT2D eigenvalue weighted by Crippen LogP contribution is -2.11. The molecule has 0 spiro atoms. The van der Waals surface area contributed by atoms with Crippen molar-refractivity contribution < 1.29 is 9.53 Å². The zero-order valence-corrected chi connectivity index (χ0v) is 15.9. The van der Waals surface area contributed by atoms with Gasteiger partial charge in [0.05, 0.1) is 17.7 Å². The van der Waals surface area contributed by atoms with Crippen molar-refractivity contribution in [1.29, 1.82) is 0 Å². The molecule has 1 N–H and O–H groups in total. The van der Waals surface area contributed by atoms with Crippen LogP contribution in [0.25, 0.3) is 0 Å². The SMILES string of the molecule is CC(C)(C)c1ncc(C(=O)Nc2cccc(OCCn3cccn3)c2)s1. The standard InChI is InChI=1S/C19H22N4O2S/c1-19(2,3)18-20-13-16(26-18)17(24)22-14-6-4-7-15(12-14)25-11-10-23-9-5-8-21-23/h4-9,12-13H,10-11H2,1-3H3,(H,22,24). The molecule has 7 heteroatoms. The van der Waals surface area contributed by atoms with Crippen LogP contribution >= 0.6 is 11.3 Å². The minimum absolute atomic E-state index is 0.0640. The molecule has 2 heterocycles. The number of carbonyl (C=O) groups excluding carboxylic acids is 1. The number of benzene rings is 1.